The Hall–Kier alpha value is -2.12. The van der Waals surface area contributed by atoms with Crippen LogP contribution in [-0.4, -0.2) is 18.6 Å². The van der Waals surface area contributed by atoms with Crippen molar-refractivity contribution in [1.82, 2.24) is 0 Å². The van der Waals surface area contributed by atoms with E-state index in [-0.39, 0.29) is 23.9 Å². The fourth-order valence-corrected chi connectivity index (χ4v) is 2.07. The molecule has 2 aromatic carbocycles. The molecule has 0 unspecified atom stereocenters. The zero-order valence-electron chi connectivity index (χ0n) is 12.0. The van der Waals surface area contributed by atoms with Crippen molar-refractivity contribution in [2.24, 2.45) is 5.73 Å². The predicted molar refractivity (Wildman–Crippen MR) is 81.1 cm³/mol. The van der Waals surface area contributed by atoms with Crippen LogP contribution in [0.1, 0.15) is 17.2 Å². The van der Waals surface area contributed by atoms with Gasteiger partial charge in [-0.2, -0.15) is 0 Å². The quantitative estimate of drug-likeness (QED) is 0.882. The molecule has 0 radical (unpaired) electrons. The van der Waals surface area contributed by atoms with Crippen molar-refractivity contribution >= 4 is 12.4 Å². The number of rotatable bonds is 4. The third-order valence-corrected chi connectivity index (χ3v) is 3.05. The summed E-state index contributed by atoms with van der Waals surface area (Å²) >= 11 is 0. The molecule has 3 N–H and O–H groups in total. The largest absolute Gasteiger partial charge is 0.573 e. The molecule has 0 saturated carbocycles. The number of halogens is 4. The number of hydrogen-bond donors (Lipinski definition) is 2. The summed E-state index contributed by atoms with van der Waals surface area (Å²) in [5, 5.41) is 9.93. The minimum absolute atomic E-state index is 0. The molecule has 8 heteroatoms. The molecule has 126 valence electrons. The van der Waals surface area contributed by atoms with Crippen molar-refractivity contribution in [3.8, 4) is 17.2 Å². The van der Waals surface area contributed by atoms with Gasteiger partial charge in [0.05, 0.1) is 18.7 Å². The third kappa shape index (κ3) is 4.67. The first-order chi connectivity index (χ1) is 10.3. The topological polar surface area (TPSA) is 64.7 Å². The second kappa shape index (κ2) is 7.43. The zero-order chi connectivity index (χ0) is 16.3. The number of alkyl halides is 3. The number of nitrogens with two attached hydrogens (primary N) is 1. The van der Waals surface area contributed by atoms with Crippen LogP contribution in [0, 0.1) is 0 Å². The number of benzene rings is 2. The molecule has 0 aliphatic heterocycles. The van der Waals surface area contributed by atoms with E-state index >= 15 is 0 Å². The van der Waals surface area contributed by atoms with Crippen LogP contribution < -0.4 is 15.2 Å². The highest BCUT2D eigenvalue weighted by Gasteiger charge is 2.31. The summed E-state index contributed by atoms with van der Waals surface area (Å²) in [5.41, 5.74) is 6.93. The van der Waals surface area contributed by atoms with Crippen LogP contribution in [0.15, 0.2) is 42.5 Å². The van der Waals surface area contributed by atoms with Gasteiger partial charge >= 0.3 is 6.36 Å². The first-order valence-corrected chi connectivity index (χ1v) is 6.29. The first-order valence-electron chi connectivity index (χ1n) is 6.29. The Morgan fingerprint density at radius 1 is 1.09 bits per heavy atom. The van der Waals surface area contributed by atoms with Gasteiger partial charge in [0.1, 0.15) is 17.2 Å². The minimum atomic E-state index is -4.75. The maximum Gasteiger partial charge on any atom is 0.573 e. The summed E-state index contributed by atoms with van der Waals surface area (Å²) in [5.74, 6) is -0.00159. The van der Waals surface area contributed by atoms with Crippen molar-refractivity contribution in [3.05, 3.63) is 53.6 Å². The fourth-order valence-electron chi connectivity index (χ4n) is 2.07. The Balaban J connectivity index is 0.00000264. The van der Waals surface area contributed by atoms with E-state index in [0.717, 1.165) is 12.1 Å². The molecule has 0 aliphatic carbocycles. The normalized spacial score (nSPS) is 12.2. The number of aromatic hydroxyl groups is 1. The Labute approximate surface area is 137 Å². The van der Waals surface area contributed by atoms with Crippen LogP contribution in [0.5, 0.6) is 17.2 Å². The van der Waals surface area contributed by atoms with Gasteiger partial charge in [0.2, 0.25) is 0 Å². The Morgan fingerprint density at radius 3 is 2.22 bits per heavy atom. The van der Waals surface area contributed by atoms with Crippen LogP contribution in [0.3, 0.4) is 0 Å². The average Bonchev–Trinajstić information content (AvgIpc) is 2.45. The number of ether oxygens (including phenoxy) is 2. The van der Waals surface area contributed by atoms with Crippen LogP contribution in [0.25, 0.3) is 0 Å². The highest BCUT2D eigenvalue weighted by Crippen LogP contribution is 2.35. The molecule has 23 heavy (non-hydrogen) atoms. The molecule has 2 rings (SSSR count). The van der Waals surface area contributed by atoms with Crippen molar-refractivity contribution in [2.45, 2.75) is 12.4 Å². The highest BCUT2D eigenvalue weighted by atomic mass is 35.5. The summed E-state index contributed by atoms with van der Waals surface area (Å²) < 4.78 is 45.3. The predicted octanol–water partition coefficient (Wildman–Crippen LogP) is 3.77. The second-order valence-corrected chi connectivity index (χ2v) is 4.49. The molecule has 1 atom stereocenters. The van der Waals surface area contributed by atoms with E-state index in [4.69, 9.17) is 10.5 Å². The fraction of sp³-hybridized carbons (Fsp3) is 0.200. The van der Waals surface area contributed by atoms with Crippen LogP contribution in [0.4, 0.5) is 13.2 Å². The van der Waals surface area contributed by atoms with Gasteiger partial charge in [-0.25, -0.2) is 0 Å². The van der Waals surface area contributed by atoms with Gasteiger partial charge in [0.15, 0.2) is 0 Å². The van der Waals surface area contributed by atoms with Gasteiger partial charge in [0, 0.05) is 0 Å². The Bertz CT molecular complexity index is 647. The molecule has 0 bridgehead atoms. The molecule has 0 aromatic heterocycles. The molecule has 0 saturated heterocycles. The summed E-state index contributed by atoms with van der Waals surface area (Å²) in [4.78, 5) is 0. The van der Waals surface area contributed by atoms with Gasteiger partial charge in [-0.1, -0.05) is 18.2 Å². The molecule has 0 fully saturated rings. The molecule has 4 nitrogen and oxygen atoms in total. The molecule has 0 heterocycles. The number of phenolic OH excluding ortho intramolecular Hbond substituents is 1. The molecule has 0 spiro atoms. The van der Waals surface area contributed by atoms with E-state index in [1.807, 2.05) is 0 Å². The monoisotopic (exact) mass is 349 g/mol. The molecular weight excluding hydrogens is 335 g/mol. The lowest BCUT2D eigenvalue weighted by molar-refractivity contribution is -0.274. The van der Waals surface area contributed by atoms with E-state index < -0.39 is 12.4 Å². The van der Waals surface area contributed by atoms with Crippen molar-refractivity contribution in [3.63, 3.8) is 0 Å². The van der Waals surface area contributed by atoms with E-state index in [9.17, 15) is 18.3 Å². The minimum Gasteiger partial charge on any atom is -0.507 e. The number of methoxy groups -OCH3 is 1. The summed E-state index contributed by atoms with van der Waals surface area (Å²) in [6.45, 7) is 0. The van der Waals surface area contributed by atoms with Gasteiger partial charge in [0.25, 0.3) is 0 Å². The second-order valence-electron chi connectivity index (χ2n) is 4.49. The lowest BCUT2D eigenvalue weighted by atomic mass is 9.97. The van der Waals surface area contributed by atoms with Gasteiger partial charge < -0.3 is 20.3 Å². The van der Waals surface area contributed by atoms with Crippen molar-refractivity contribution in [1.29, 1.82) is 0 Å². The summed E-state index contributed by atoms with van der Waals surface area (Å²) in [6, 6.07) is 9.06. The Kier molecular flexibility index (Phi) is 6.12. The number of hydrogen-bond acceptors (Lipinski definition) is 4. The zero-order valence-corrected chi connectivity index (χ0v) is 12.8. The van der Waals surface area contributed by atoms with E-state index in [0.29, 0.717) is 16.9 Å². The average molecular weight is 350 g/mol. The van der Waals surface area contributed by atoms with Crippen LogP contribution >= 0.6 is 12.4 Å². The van der Waals surface area contributed by atoms with Crippen molar-refractivity contribution in [2.75, 3.05) is 7.11 Å². The van der Waals surface area contributed by atoms with E-state index in [1.54, 1.807) is 12.1 Å². The summed E-state index contributed by atoms with van der Waals surface area (Å²) in [6.07, 6.45) is -4.75. The molecule has 0 amide bonds. The smallest absolute Gasteiger partial charge is 0.507 e. The first kappa shape index (κ1) is 18.9. The lowest BCUT2D eigenvalue weighted by Gasteiger charge is -2.18. The van der Waals surface area contributed by atoms with E-state index in [2.05, 4.69) is 4.74 Å². The number of phenols is 1. The van der Waals surface area contributed by atoms with Gasteiger partial charge in [-0.3, -0.25) is 0 Å². The molecular formula is C15H15ClF3NO3. The maximum absolute atomic E-state index is 12.1. The standard InChI is InChI=1S/C15H14F3NO3.ClH/c1-21-12-4-2-3-11(20)13(12)14(19)9-5-7-10(8-6-9)22-15(16,17)18;/h2-8,14,20H,19H2,1H3;1H/t14-;/m1./s1. The third-order valence-electron chi connectivity index (χ3n) is 3.05. The van der Waals surface area contributed by atoms with Gasteiger partial charge in [-0.15, -0.1) is 25.6 Å². The lowest BCUT2D eigenvalue weighted by Crippen LogP contribution is -2.17. The van der Waals surface area contributed by atoms with Crippen molar-refractivity contribution < 1.29 is 27.8 Å². The van der Waals surface area contributed by atoms with Gasteiger partial charge in [-0.05, 0) is 29.8 Å². The van der Waals surface area contributed by atoms with Crippen LogP contribution in [-0.2, 0) is 0 Å². The highest BCUT2D eigenvalue weighted by molar-refractivity contribution is 5.85. The molecule has 0 aliphatic rings. The Morgan fingerprint density at radius 2 is 1.70 bits per heavy atom. The SMILES string of the molecule is COc1cccc(O)c1[C@H](N)c1ccc(OC(F)(F)F)cc1.Cl. The van der Waals surface area contributed by atoms with E-state index in [1.165, 1.54) is 25.3 Å². The maximum atomic E-state index is 12.1. The van der Waals surface area contributed by atoms with Crippen LogP contribution in [0.2, 0.25) is 0 Å². The molecule has 2 aromatic rings. The summed E-state index contributed by atoms with van der Waals surface area (Å²) in [7, 11) is 1.44.